The molecule has 1 spiro atoms. The summed E-state index contributed by atoms with van der Waals surface area (Å²) in [5.74, 6) is 4.08. The number of esters is 1. The zero-order valence-electron chi connectivity index (χ0n) is 20.7. The number of ether oxygens (including phenoxy) is 4. The van der Waals surface area contributed by atoms with Crippen molar-refractivity contribution in [2.45, 2.75) is 24.5 Å². The Hall–Kier alpha value is -3.30. The van der Waals surface area contributed by atoms with Crippen molar-refractivity contribution in [1.29, 1.82) is 0 Å². The van der Waals surface area contributed by atoms with Gasteiger partial charge in [-0.3, -0.25) is 0 Å². The van der Waals surface area contributed by atoms with Gasteiger partial charge in [0.25, 0.3) is 0 Å². The molecule has 0 aliphatic carbocycles. The Morgan fingerprint density at radius 2 is 1.71 bits per heavy atom. The zero-order valence-corrected chi connectivity index (χ0v) is 22.3. The van der Waals surface area contributed by atoms with Crippen LogP contribution >= 0.6 is 21.6 Å². The van der Waals surface area contributed by atoms with E-state index in [1.54, 1.807) is 31.4 Å². The summed E-state index contributed by atoms with van der Waals surface area (Å²) in [6.07, 6.45) is 1.80. The highest BCUT2D eigenvalue weighted by Crippen LogP contribution is 2.57. The lowest BCUT2D eigenvalue weighted by molar-refractivity contribution is 0.0224. The summed E-state index contributed by atoms with van der Waals surface area (Å²) in [4.78, 5) is 28.2. The first-order valence-corrected chi connectivity index (χ1v) is 15.1. The first kappa shape index (κ1) is 23.8. The molecule has 9 heteroatoms. The maximum absolute atomic E-state index is 13.3. The van der Waals surface area contributed by atoms with Gasteiger partial charge in [-0.25, -0.2) is 9.59 Å². The summed E-state index contributed by atoms with van der Waals surface area (Å²) in [5, 5.41) is 0. The van der Waals surface area contributed by atoms with Gasteiger partial charge in [-0.15, -0.1) is 0 Å². The second-order valence-corrected chi connectivity index (χ2v) is 12.4. The summed E-state index contributed by atoms with van der Waals surface area (Å²) < 4.78 is 23.8. The normalized spacial score (nSPS) is 24.9. The molecular weight excluding hydrogens is 522 g/mol. The fourth-order valence-corrected chi connectivity index (χ4v) is 8.89. The summed E-state index contributed by atoms with van der Waals surface area (Å²) in [6.45, 7) is 0.704. The van der Waals surface area contributed by atoms with E-state index in [0.717, 1.165) is 29.9 Å². The highest BCUT2D eigenvalue weighted by atomic mass is 33.1. The quantitative estimate of drug-likeness (QED) is 0.276. The molecule has 1 amide bonds. The van der Waals surface area contributed by atoms with E-state index in [9.17, 15) is 9.59 Å². The summed E-state index contributed by atoms with van der Waals surface area (Å²) in [6, 6.07) is 18.4. The second kappa shape index (κ2) is 9.17. The standard InChI is InChI=1S/C29H25NO6S2/c1-33-18-8-10-22-25(13-18)35-26-14-19(34-28(32)30-12-4-5-17-15-37-38-16-24(17)30)9-11-23(26)29(22)21-7-3-2-6-20(21)27(31)36-29/h2-3,6-11,13-14,17,24H,4-5,12,15-16H2,1H3/t17-,24-,29?/m1/s1. The van der Waals surface area contributed by atoms with Crippen molar-refractivity contribution in [3.63, 3.8) is 0 Å². The van der Waals surface area contributed by atoms with E-state index in [1.165, 1.54) is 0 Å². The first-order valence-electron chi connectivity index (χ1n) is 12.6. The van der Waals surface area contributed by atoms with Crippen molar-refractivity contribution in [3.8, 4) is 23.0 Å². The maximum Gasteiger partial charge on any atom is 0.415 e. The van der Waals surface area contributed by atoms with Crippen LogP contribution in [0.15, 0.2) is 60.7 Å². The Morgan fingerprint density at radius 3 is 2.53 bits per heavy atom. The van der Waals surface area contributed by atoms with Crippen LogP contribution in [0.25, 0.3) is 0 Å². The molecule has 4 aliphatic heterocycles. The molecule has 0 aromatic heterocycles. The number of carbonyl (C=O) groups is 2. The zero-order chi connectivity index (χ0) is 25.9. The predicted octanol–water partition coefficient (Wildman–Crippen LogP) is 6.24. The molecule has 0 saturated carbocycles. The van der Waals surface area contributed by atoms with Crippen LogP contribution in [0.3, 0.4) is 0 Å². The molecule has 3 aromatic rings. The number of methoxy groups -OCH3 is 1. The van der Waals surface area contributed by atoms with Crippen LogP contribution in [0.4, 0.5) is 4.79 Å². The molecule has 7 nitrogen and oxygen atoms in total. The van der Waals surface area contributed by atoms with Crippen LogP contribution in [-0.2, 0) is 10.3 Å². The smallest absolute Gasteiger partial charge is 0.415 e. The average molecular weight is 548 g/mol. The lowest BCUT2D eigenvalue weighted by Crippen LogP contribution is -2.52. The third kappa shape index (κ3) is 3.59. The predicted molar refractivity (Wildman–Crippen MR) is 145 cm³/mol. The largest absolute Gasteiger partial charge is 0.497 e. The van der Waals surface area contributed by atoms with Gasteiger partial charge in [0.1, 0.15) is 23.0 Å². The Morgan fingerprint density at radius 1 is 0.974 bits per heavy atom. The van der Waals surface area contributed by atoms with Gasteiger partial charge in [-0.2, -0.15) is 0 Å². The summed E-state index contributed by atoms with van der Waals surface area (Å²) in [7, 11) is 5.30. The van der Waals surface area contributed by atoms with Gasteiger partial charge in [0, 0.05) is 52.9 Å². The van der Waals surface area contributed by atoms with E-state index in [4.69, 9.17) is 18.9 Å². The summed E-state index contributed by atoms with van der Waals surface area (Å²) >= 11 is 0. The lowest BCUT2D eigenvalue weighted by Gasteiger charge is -2.42. The topological polar surface area (TPSA) is 74.3 Å². The Bertz CT molecular complexity index is 1460. The Balaban J connectivity index is 1.28. The molecule has 38 heavy (non-hydrogen) atoms. The molecular formula is C29H25NO6S2. The van der Waals surface area contributed by atoms with Crippen molar-refractivity contribution in [1.82, 2.24) is 4.90 Å². The number of hydrogen-bond donors (Lipinski definition) is 0. The molecule has 3 aromatic carbocycles. The molecule has 0 N–H and O–H groups in total. The molecule has 0 bridgehead atoms. The fourth-order valence-electron chi connectivity index (χ4n) is 6.02. The van der Waals surface area contributed by atoms with E-state index in [-0.39, 0.29) is 12.1 Å². The van der Waals surface area contributed by atoms with Crippen molar-refractivity contribution in [2.24, 2.45) is 5.92 Å². The minimum absolute atomic E-state index is 0.202. The number of piperidine rings is 1. The highest BCUT2D eigenvalue weighted by Gasteiger charge is 2.53. The van der Waals surface area contributed by atoms with E-state index in [1.807, 2.05) is 62.9 Å². The average Bonchev–Trinajstić information content (AvgIpc) is 3.25. The van der Waals surface area contributed by atoms with Crippen LogP contribution in [0.2, 0.25) is 0 Å². The monoisotopic (exact) mass is 547 g/mol. The van der Waals surface area contributed by atoms with E-state index in [0.29, 0.717) is 52.2 Å². The molecule has 7 rings (SSSR count). The number of nitrogens with zero attached hydrogens (tertiary/aromatic N) is 1. The molecule has 1 unspecified atom stereocenters. The van der Waals surface area contributed by atoms with Crippen molar-refractivity contribution in [2.75, 3.05) is 25.2 Å². The third-order valence-electron chi connectivity index (χ3n) is 7.85. The number of hydrogen-bond acceptors (Lipinski definition) is 8. The van der Waals surface area contributed by atoms with Gasteiger partial charge in [0.05, 0.1) is 12.7 Å². The van der Waals surface area contributed by atoms with Crippen molar-refractivity contribution >= 4 is 33.7 Å². The fraction of sp³-hybridized carbons (Fsp3) is 0.310. The van der Waals surface area contributed by atoms with E-state index in [2.05, 4.69) is 0 Å². The molecule has 4 aliphatic rings. The molecule has 2 fully saturated rings. The molecule has 2 saturated heterocycles. The second-order valence-electron chi connectivity index (χ2n) is 9.84. The Kier molecular flexibility index (Phi) is 5.74. The van der Waals surface area contributed by atoms with Crippen LogP contribution in [0, 0.1) is 5.92 Å². The maximum atomic E-state index is 13.3. The first-order chi connectivity index (χ1) is 18.6. The molecule has 0 radical (unpaired) electrons. The number of fused-ring (bicyclic) bond motifs is 7. The molecule has 194 valence electrons. The van der Waals surface area contributed by atoms with Crippen LogP contribution in [0.1, 0.15) is 39.9 Å². The van der Waals surface area contributed by atoms with Crippen molar-refractivity contribution in [3.05, 3.63) is 82.9 Å². The number of amides is 1. The SMILES string of the molecule is COc1ccc2c(c1)Oc1cc(OC(=O)N3CCC[C@@H]4CSSC[C@H]43)ccc1C21OC(=O)c2ccccc21. The number of carbonyl (C=O) groups excluding carboxylic acids is 2. The lowest BCUT2D eigenvalue weighted by atomic mass is 9.77. The third-order valence-corrected chi connectivity index (χ3v) is 10.4. The van der Waals surface area contributed by atoms with Crippen LogP contribution < -0.4 is 14.2 Å². The van der Waals surface area contributed by atoms with Gasteiger partial charge in [-0.05, 0) is 49.1 Å². The van der Waals surface area contributed by atoms with Gasteiger partial charge in [0.2, 0.25) is 0 Å². The Labute approximate surface area is 228 Å². The van der Waals surface area contributed by atoms with Crippen molar-refractivity contribution < 1.29 is 28.5 Å². The molecule has 3 atom stereocenters. The van der Waals surface area contributed by atoms with Gasteiger partial charge in [0.15, 0.2) is 5.60 Å². The minimum atomic E-state index is -1.18. The number of benzene rings is 3. The van der Waals surface area contributed by atoms with Gasteiger partial charge < -0.3 is 23.8 Å². The van der Waals surface area contributed by atoms with E-state index < -0.39 is 11.6 Å². The minimum Gasteiger partial charge on any atom is -0.497 e. The number of rotatable bonds is 2. The number of likely N-dealkylation sites (tertiary alicyclic amines) is 1. The highest BCUT2D eigenvalue weighted by molar-refractivity contribution is 8.76. The van der Waals surface area contributed by atoms with Gasteiger partial charge >= 0.3 is 12.1 Å². The molecule has 4 heterocycles. The summed E-state index contributed by atoms with van der Waals surface area (Å²) in [5.41, 5.74) is 1.47. The van der Waals surface area contributed by atoms with E-state index >= 15 is 0 Å². The van der Waals surface area contributed by atoms with Crippen LogP contribution in [0.5, 0.6) is 23.0 Å². The van der Waals surface area contributed by atoms with Gasteiger partial charge in [-0.1, -0.05) is 39.8 Å². The van der Waals surface area contributed by atoms with Crippen LogP contribution in [-0.4, -0.2) is 48.2 Å².